The maximum atomic E-state index is 7.05. The van der Waals surface area contributed by atoms with Gasteiger partial charge in [0.05, 0.1) is 44.2 Å². The Morgan fingerprint density at radius 2 is 1.41 bits per heavy atom. The molecule has 6 nitrogen and oxygen atoms in total. The number of aromatic nitrogens is 4. The predicted molar refractivity (Wildman–Crippen MR) is 241 cm³/mol. The van der Waals surface area contributed by atoms with E-state index in [4.69, 9.17) is 14.1 Å². The Morgan fingerprint density at radius 3 is 2.29 bits per heavy atom. The molecule has 12 aromatic rings. The first-order valence-corrected chi connectivity index (χ1v) is 20.7. The maximum Gasteiger partial charge on any atom is 0.269 e. The minimum absolute atomic E-state index is 0.0457. The van der Waals surface area contributed by atoms with Crippen molar-refractivity contribution in [2.24, 2.45) is 0 Å². The maximum absolute atomic E-state index is 7.05. The highest BCUT2D eigenvalue weighted by molar-refractivity contribution is 7.25. The summed E-state index contributed by atoms with van der Waals surface area (Å²) >= 11 is 1.83. The molecular weight excluding hydrogens is 745 g/mol. The first-order chi connectivity index (χ1) is 28.9. The lowest BCUT2D eigenvalue weighted by atomic mass is 9.88. The fraction of sp³-hybridized carbons (Fsp3) is 0.0769. The number of pyridine rings is 1. The zero-order valence-corrected chi connectivity index (χ0v) is 33.4. The Morgan fingerprint density at radius 1 is 0.644 bits per heavy atom. The molecule has 0 N–H and O–H groups in total. The van der Waals surface area contributed by atoms with Crippen molar-refractivity contribution in [3.63, 3.8) is 0 Å². The monoisotopic (exact) mass is 780 g/mol. The molecule has 0 spiro atoms. The number of thiophene rings is 1. The van der Waals surface area contributed by atoms with Gasteiger partial charge in [0.1, 0.15) is 28.5 Å². The summed E-state index contributed by atoms with van der Waals surface area (Å²) in [5.41, 5.74) is 8.88. The van der Waals surface area contributed by atoms with Gasteiger partial charge < -0.3 is 9.15 Å². The van der Waals surface area contributed by atoms with Crippen molar-refractivity contribution in [1.82, 2.24) is 14.1 Å². The van der Waals surface area contributed by atoms with E-state index >= 15 is 0 Å². The fourth-order valence-corrected chi connectivity index (χ4v) is 9.83. The molecule has 0 radical (unpaired) electrons. The highest BCUT2D eigenvalue weighted by atomic mass is 32.1. The molecule has 282 valence electrons. The molecule has 5 heterocycles. The van der Waals surface area contributed by atoms with E-state index in [-0.39, 0.29) is 5.41 Å². The lowest BCUT2D eigenvalue weighted by Crippen LogP contribution is -2.29. The van der Waals surface area contributed by atoms with Crippen molar-refractivity contribution in [3.8, 4) is 28.7 Å². The second-order valence-electron chi connectivity index (χ2n) is 16.2. The summed E-state index contributed by atoms with van der Waals surface area (Å²) < 4.78 is 22.9. The Hall–Kier alpha value is -7.22. The molecule has 0 aliphatic carbocycles. The summed E-state index contributed by atoms with van der Waals surface area (Å²) in [6.45, 7) is 6.69. The number of para-hydroxylation sites is 4. The van der Waals surface area contributed by atoms with Crippen LogP contribution in [0.2, 0.25) is 0 Å². The average molecular weight is 781 g/mol. The number of hydrogen-bond acceptors (Lipinski definition) is 4. The van der Waals surface area contributed by atoms with E-state index in [0.717, 1.165) is 72.0 Å². The summed E-state index contributed by atoms with van der Waals surface area (Å²) in [5, 5.41) is 6.59. The molecule has 0 saturated carbocycles. The minimum Gasteiger partial charge on any atom is -0.457 e. The number of hydrogen-bond donors (Lipinski definition) is 0. The van der Waals surface area contributed by atoms with E-state index in [1.54, 1.807) is 0 Å². The minimum atomic E-state index is -0.0457. The highest BCUT2D eigenvalue weighted by Gasteiger charge is 2.24. The van der Waals surface area contributed by atoms with Crippen LogP contribution in [0, 0.1) is 6.33 Å². The molecule has 12 rings (SSSR count). The molecule has 0 bridgehead atoms. The van der Waals surface area contributed by atoms with Crippen LogP contribution in [0.1, 0.15) is 26.3 Å². The molecule has 0 atom stereocenters. The van der Waals surface area contributed by atoms with Crippen LogP contribution < -0.4 is 9.30 Å². The van der Waals surface area contributed by atoms with Crippen molar-refractivity contribution in [2.75, 3.05) is 0 Å². The molecule has 5 aromatic heterocycles. The van der Waals surface area contributed by atoms with Crippen molar-refractivity contribution in [3.05, 3.63) is 176 Å². The summed E-state index contributed by atoms with van der Waals surface area (Å²) in [4.78, 5) is 4.94. The van der Waals surface area contributed by atoms with Crippen molar-refractivity contribution >= 4 is 86.3 Å². The van der Waals surface area contributed by atoms with Gasteiger partial charge in [0.2, 0.25) is 0 Å². The summed E-state index contributed by atoms with van der Waals surface area (Å²) in [7, 11) is 0. The number of furan rings is 1. The van der Waals surface area contributed by atoms with E-state index in [2.05, 4.69) is 174 Å². The number of ether oxygens (including phenoxy) is 1. The number of imidazole rings is 1. The third-order valence-electron chi connectivity index (χ3n) is 11.6. The van der Waals surface area contributed by atoms with Crippen molar-refractivity contribution in [2.45, 2.75) is 26.2 Å². The average Bonchev–Trinajstić information content (AvgIpc) is 4.02. The summed E-state index contributed by atoms with van der Waals surface area (Å²) in [6, 6.07) is 55.2. The second-order valence-corrected chi connectivity index (χ2v) is 17.3. The standard InChI is InChI=1S/C52H36N4O2S/c1-52(2,3)32-25-26-53-48(27-32)56-40-18-7-4-16-37(40)49-43(56)30-45(50-38-17-5-10-21-44(38)58-51(49)50)57-35-14-12-13-33(28-35)54-31-55(42-20-9-8-19-41(42)54)34-23-24-47-39(29-34)36-15-6-11-22-46(36)59-47/h4-30H,1-3H3. The zero-order chi connectivity index (χ0) is 39.4. The van der Waals surface area contributed by atoms with Crippen LogP contribution in [0.3, 0.4) is 0 Å². The largest absolute Gasteiger partial charge is 0.457 e. The molecule has 0 unspecified atom stereocenters. The summed E-state index contributed by atoms with van der Waals surface area (Å²) in [5.74, 6) is 2.26. The van der Waals surface area contributed by atoms with Crippen LogP contribution in [-0.2, 0) is 5.41 Å². The van der Waals surface area contributed by atoms with Crippen LogP contribution in [0.15, 0.2) is 168 Å². The second kappa shape index (κ2) is 12.6. The van der Waals surface area contributed by atoms with Gasteiger partial charge in [-0.3, -0.25) is 13.7 Å². The Labute approximate surface area is 343 Å². The predicted octanol–water partition coefficient (Wildman–Crippen LogP) is 13.6. The normalized spacial score (nSPS) is 12.3. The van der Waals surface area contributed by atoms with Crippen molar-refractivity contribution < 1.29 is 13.7 Å². The molecule has 0 amide bonds. The molecule has 0 aliphatic rings. The van der Waals surface area contributed by atoms with Gasteiger partial charge in [-0.2, -0.15) is 0 Å². The molecule has 0 fully saturated rings. The van der Waals surface area contributed by atoms with Gasteiger partial charge in [-0.1, -0.05) is 106 Å². The molecule has 7 heteroatoms. The number of rotatable bonds is 5. The molecular formula is C52H36N4O2S. The van der Waals surface area contributed by atoms with E-state index in [1.165, 1.54) is 25.7 Å². The first-order valence-electron chi connectivity index (χ1n) is 19.9. The van der Waals surface area contributed by atoms with Crippen LogP contribution in [-0.4, -0.2) is 14.1 Å². The fourth-order valence-electron chi connectivity index (χ4n) is 8.74. The smallest absolute Gasteiger partial charge is 0.269 e. The van der Waals surface area contributed by atoms with Gasteiger partial charge in [0, 0.05) is 32.4 Å². The lowest BCUT2D eigenvalue weighted by molar-refractivity contribution is -0.572. The quantitative estimate of drug-likeness (QED) is 0.129. The zero-order valence-electron chi connectivity index (χ0n) is 32.6. The number of nitrogens with zero attached hydrogens (tertiary/aromatic N) is 4. The van der Waals surface area contributed by atoms with Gasteiger partial charge in [-0.15, -0.1) is 11.3 Å². The summed E-state index contributed by atoms with van der Waals surface area (Å²) in [6.07, 6.45) is 5.61. The first kappa shape index (κ1) is 33.9. The lowest BCUT2D eigenvalue weighted by Gasteiger charge is -2.20. The van der Waals surface area contributed by atoms with Crippen LogP contribution >= 0.6 is 11.3 Å². The van der Waals surface area contributed by atoms with Gasteiger partial charge in [0.15, 0.2) is 0 Å². The van der Waals surface area contributed by atoms with Gasteiger partial charge in [-0.05, 0) is 88.5 Å². The topological polar surface area (TPSA) is 49.0 Å². The van der Waals surface area contributed by atoms with Gasteiger partial charge >= 0.3 is 0 Å². The third kappa shape index (κ3) is 5.25. The molecule has 7 aromatic carbocycles. The number of fused-ring (bicyclic) bond motifs is 11. The molecule has 0 aliphatic heterocycles. The van der Waals surface area contributed by atoms with Gasteiger partial charge in [-0.25, -0.2) is 4.98 Å². The van der Waals surface area contributed by atoms with Crippen LogP contribution in [0.25, 0.3) is 92.1 Å². The Kier molecular flexibility index (Phi) is 7.26. The van der Waals surface area contributed by atoms with E-state index in [1.807, 2.05) is 41.8 Å². The van der Waals surface area contributed by atoms with Crippen molar-refractivity contribution in [1.29, 1.82) is 0 Å². The van der Waals surface area contributed by atoms with Crippen LogP contribution in [0.4, 0.5) is 0 Å². The van der Waals surface area contributed by atoms with E-state index in [0.29, 0.717) is 11.5 Å². The number of benzene rings is 7. The Balaban J connectivity index is 1.03. The Bertz CT molecular complexity index is 3650. The SMILES string of the molecule is CC(C)(C)c1ccnc(-n2c3ccccc3c3c4oc5ccccc5c4c(Oc4cccc(-n5[c-][n+](-c6ccc7sc8ccccc8c7c6)c6ccccc65)c4)cc32)c1. The van der Waals surface area contributed by atoms with Gasteiger partial charge in [0.25, 0.3) is 6.33 Å². The molecule has 59 heavy (non-hydrogen) atoms. The van der Waals surface area contributed by atoms with E-state index < -0.39 is 0 Å². The highest BCUT2D eigenvalue weighted by Crippen LogP contribution is 2.46. The third-order valence-corrected chi connectivity index (χ3v) is 12.7. The van der Waals surface area contributed by atoms with E-state index in [9.17, 15) is 0 Å². The molecule has 0 saturated heterocycles. The van der Waals surface area contributed by atoms with Crippen LogP contribution in [0.5, 0.6) is 11.5 Å².